The van der Waals surface area contributed by atoms with Gasteiger partial charge in [-0.2, -0.15) is 0 Å². The summed E-state index contributed by atoms with van der Waals surface area (Å²) in [6.07, 6.45) is 0. The van der Waals surface area contributed by atoms with Crippen molar-refractivity contribution in [2.45, 2.75) is 6.54 Å². The number of ether oxygens (including phenoxy) is 2. The average Bonchev–Trinajstić information content (AvgIpc) is 2.64. The molecular formula is C18H19ClN2O4. The van der Waals surface area contributed by atoms with Crippen LogP contribution >= 0.6 is 11.6 Å². The van der Waals surface area contributed by atoms with Crippen LogP contribution in [0.5, 0.6) is 11.5 Å². The molecule has 0 fully saturated rings. The summed E-state index contributed by atoms with van der Waals surface area (Å²) in [6.45, 7) is 0.122. The van der Waals surface area contributed by atoms with Gasteiger partial charge >= 0.3 is 0 Å². The summed E-state index contributed by atoms with van der Waals surface area (Å²) in [6, 6.07) is 12.0. The van der Waals surface area contributed by atoms with Gasteiger partial charge in [0.2, 0.25) is 5.91 Å². The van der Waals surface area contributed by atoms with Crippen molar-refractivity contribution in [3.05, 3.63) is 58.6 Å². The molecule has 2 aromatic rings. The normalized spacial score (nSPS) is 10.0. The lowest BCUT2D eigenvalue weighted by molar-refractivity contribution is -0.120. The lowest BCUT2D eigenvalue weighted by Gasteiger charge is -2.12. The number of hydrogen-bond acceptors (Lipinski definition) is 4. The minimum absolute atomic E-state index is 0.150. The second-order valence-corrected chi connectivity index (χ2v) is 5.52. The van der Waals surface area contributed by atoms with Crippen molar-refractivity contribution in [2.75, 3.05) is 20.8 Å². The highest BCUT2D eigenvalue weighted by atomic mass is 35.5. The second-order valence-electron chi connectivity index (χ2n) is 5.12. The summed E-state index contributed by atoms with van der Waals surface area (Å²) in [5.41, 5.74) is 1.13. The Bertz CT molecular complexity index is 764. The van der Waals surface area contributed by atoms with Crippen molar-refractivity contribution in [2.24, 2.45) is 0 Å². The van der Waals surface area contributed by atoms with E-state index < -0.39 is 5.91 Å². The number of methoxy groups -OCH3 is 2. The molecule has 0 saturated heterocycles. The van der Waals surface area contributed by atoms with Crippen molar-refractivity contribution in [3.63, 3.8) is 0 Å². The zero-order chi connectivity index (χ0) is 18.2. The fourth-order valence-corrected chi connectivity index (χ4v) is 2.38. The first-order valence-electron chi connectivity index (χ1n) is 7.55. The maximum atomic E-state index is 12.0. The number of carbonyl (C=O) groups is 2. The predicted octanol–water partition coefficient (Wildman–Crippen LogP) is 2.40. The van der Waals surface area contributed by atoms with Gasteiger partial charge in [-0.1, -0.05) is 23.7 Å². The first kappa shape index (κ1) is 18.6. The summed E-state index contributed by atoms with van der Waals surface area (Å²) in [4.78, 5) is 23.9. The van der Waals surface area contributed by atoms with Crippen LogP contribution in [0.2, 0.25) is 5.02 Å². The molecule has 25 heavy (non-hydrogen) atoms. The number of carbonyl (C=O) groups excluding carboxylic acids is 2. The molecule has 0 heterocycles. The van der Waals surface area contributed by atoms with Gasteiger partial charge in [0.25, 0.3) is 5.91 Å². The zero-order valence-electron chi connectivity index (χ0n) is 14.0. The predicted molar refractivity (Wildman–Crippen MR) is 95.2 cm³/mol. The lowest BCUT2D eigenvalue weighted by atomic mass is 10.2. The number of halogens is 1. The van der Waals surface area contributed by atoms with Gasteiger partial charge in [-0.15, -0.1) is 0 Å². The zero-order valence-corrected chi connectivity index (χ0v) is 14.7. The van der Waals surface area contributed by atoms with Gasteiger partial charge in [-0.25, -0.2) is 0 Å². The quantitative estimate of drug-likeness (QED) is 0.793. The van der Waals surface area contributed by atoms with Crippen LogP contribution in [0.1, 0.15) is 15.9 Å². The van der Waals surface area contributed by atoms with Gasteiger partial charge < -0.3 is 20.1 Å². The summed E-state index contributed by atoms with van der Waals surface area (Å²) in [5, 5.41) is 5.60. The van der Waals surface area contributed by atoms with Crippen molar-refractivity contribution >= 4 is 23.4 Å². The number of amides is 2. The molecule has 0 aliphatic heterocycles. The smallest absolute Gasteiger partial charge is 0.253 e. The molecule has 0 atom stereocenters. The van der Waals surface area contributed by atoms with Crippen molar-refractivity contribution in [1.29, 1.82) is 0 Å². The topological polar surface area (TPSA) is 76.7 Å². The highest BCUT2D eigenvalue weighted by Gasteiger charge is 2.11. The Morgan fingerprint density at radius 2 is 1.80 bits per heavy atom. The monoisotopic (exact) mass is 362 g/mol. The highest BCUT2D eigenvalue weighted by Crippen LogP contribution is 2.24. The maximum absolute atomic E-state index is 12.0. The summed E-state index contributed by atoms with van der Waals surface area (Å²) in [5.74, 6) is 0.555. The summed E-state index contributed by atoms with van der Waals surface area (Å²) < 4.78 is 10.4. The van der Waals surface area contributed by atoms with E-state index in [2.05, 4.69) is 10.6 Å². The summed E-state index contributed by atoms with van der Waals surface area (Å²) >= 11 is 5.95. The first-order chi connectivity index (χ1) is 12.0. The Hall–Kier alpha value is -2.73. The van der Waals surface area contributed by atoms with Crippen molar-refractivity contribution in [3.8, 4) is 11.5 Å². The van der Waals surface area contributed by atoms with Gasteiger partial charge in [-0.05, 0) is 24.3 Å². The molecule has 0 unspecified atom stereocenters. The lowest BCUT2D eigenvalue weighted by Crippen LogP contribution is -2.36. The van der Waals surface area contributed by atoms with E-state index in [0.29, 0.717) is 22.1 Å². The number of nitrogens with one attached hydrogen (secondary N) is 2. The van der Waals surface area contributed by atoms with Crippen LogP contribution in [0.3, 0.4) is 0 Å². The van der Waals surface area contributed by atoms with E-state index >= 15 is 0 Å². The molecule has 0 saturated carbocycles. The van der Waals surface area contributed by atoms with Crippen LogP contribution in [0.25, 0.3) is 0 Å². The van der Waals surface area contributed by atoms with Crippen molar-refractivity contribution in [1.82, 2.24) is 10.6 Å². The second kappa shape index (κ2) is 8.94. The fourth-order valence-electron chi connectivity index (χ4n) is 2.16. The van der Waals surface area contributed by atoms with Gasteiger partial charge in [-0.3, -0.25) is 9.59 Å². The number of hydrogen-bond donors (Lipinski definition) is 2. The highest BCUT2D eigenvalue weighted by molar-refractivity contribution is 6.33. The molecule has 2 amide bonds. The van der Waals surface area contributed by atoms with E-state index in [1.54, 1.807) is 56.7 Å². The van der Waals surface area contributed by atoms with Gasteiger partial charge in [0.1, 0.15) is 11.5 Å². The third-order valence-corrected chi connectivity index (χ3v) is 3.83. The van der Waals surface area contributed by atoms with Gasteiger partial charge in [0.15, 0.2) is 0 Å². The Kier molecular flexibility index (Phi) is 6.65. The Morgan fingerprint density at radius 3 is 2.48 bits per heavy atom. The van der Waals surface area contributed by atoms with Crippen LogP contribution in [-0.4, -0.2) is 32.6 Å². The SMILES string of the molecule is COc1ccc(CNC(=O)CNC(=O)c2ccccc2Cl)c(OC)c1. The molecule has 0 bridgehead atoms. The van der Waals surface area contributed by atoms with Crippen molar-refractivity contribution < 1.29 is 19.1 Å². The van der Waals surface area contributed by atoms with E-state index in [9.17, 15) is 9.59 Å². The largest absolute Gasteiger partial charge is 0.497 e. The molecule has 2 N–H and O–H groups in total. The molecule has 2 aromatic carbocycles. The molecule has 0 aromatic heterocycles. The third-order valence-electron chi connectivity index (χ3n) is 3.50. The van der Waals surface area contributed by atoms with E-state index in [1.165, 1.54) is 0 Å². The Morgan fingerprint density at radius 1 is 1.04 bits per heavy atom. The molecule has 0 aliphatic rings. The van der Waals surface area contributed by atoms with Crippen LogP contribution in [0.15, 0.2) is 42.5 Å². The molecule has 0 radical (unpaired) electrons. The van der Waals surface area contributed by atoms with E-state index in [0.717, 1.165) is 5.56 Å². The third kappa shape index (κ3) is 5.12. The number of rotatable bonds is 7. The van der Waals surface area contributed by atoms with E-state index in [-0.39, 0.29) is 19.0 Å². The molecule has 2 rings (SSSR count). The summed E-state index contributed by atoms with van der Waals surface area (Å²) in [7, 11) is 3.11. The molecular weight excluding hydrogens is 344 g/mol. The molecule has 132 valence electrons. The van der Waals surface area contributed by atoms with Gasteiger partial charge in [0, 0.05) is 18.2 Å². The molecule has 0 spiro atoms. The van der Waals surface area contributed by atoms with Crippen LogP contribution in [0.4, 0.5) is 0 Å². The standard InChI is InChI=1S/C18H19ClN2O4/c1-24-13-8-7-12(16(9-13)25-2)10-20-17(22)11-21-18(23)14-5-3-4-6-15(14)19/h3-9H,10-11H2,1-2H3,(H,20,22)(H,21,23). The molecule has 0 aliphatic carbocycles. The number of benzene rings is 2. The van der Waals surface area contributed by atoms with Gasteiger partial charge in [0.05, 0.1) is 31.4 Å². The minimum atomic E-state index is -0.400. The fraction of sp³-hybridized carbons (Fsp3) is 0.222. The van der Waals surface area contributed by atoms with E-state index in [1.807, 2.05) is 0 Å². The van der Waals surface area contributed by atoms with Crippen LogP contribution in [0, 0.1) is 0 Å². The molecule has 7 heteroatoms. The Labute approximate surface area is 151 Å². The maximum Gasteiger partial charge on any atom is 0.253 e. The van der Waals surface area contributed by atoms with Crippen LogP contribution in [-0.2, 0) is 11.3 Å². The minimum Gasteiger partial charge on any atom is -0.497 e. The Balaban J connectivity index is 1.87. The molecule has 6 nitrogen and oxygen atoms in total. The van der Waals surface area contributed by atoms with E-state index in [4.69, 9.17) is 21.1 Å². The average molecular weight is 363 g/mol. The first-order valence-corrected chi connectivity index (χ1v) is 7.93. The van der Waals surface area contributed by atoms with Crippen LogP contribution < -0.4 is 20.1 Å².